The lowest BCUT2D eigenvalue weighted by molar-refractivity contribution is -0.117. The van der Waals surface area contributed by atoms with Crippen molar-refractivity contribution in [1.29, 1.82) is 5.26 Å². The predicted molar refractivity (Wildman–Crippen MR) is 125 cm³/mol. The van der Waals surface area contributed by atoms with Crippen LogP contribution in [0, 0.1) is 28.9 Å². The molecule has 166 valence electrons. The van der Waals surface area contributed by atoms with Gasteiger partial charge in [-0.3, -0.25) is 9.59 Å². The van der Waals surface area contributed by atoms with E-state index in [1.807, 2.05) is 24.3 Å². The van der Waals surface area contributed by atoms with Gasteiger partial charge in [-0.05, 0) is 54.6 Å². The van der Waals surface area contributed by atoms with E-state index in [0.717, 1.165) is 22.2 Å². The summed E-state index contributed by atoms with van der Waals surface area (Å²) in [6.45, 7) is 0. The van der Waals surface area contributed by atoms with Crippen molar-refractivity contribution < 1.29 is 18.4 Å². The fraction of sp³-hybridized carbons (Fsp3) is 0.0400. The minimum absolute atomic E-state index is 0.0265. The van der Waals surface area contributed by atoms with Crippen LogP contribution in [0.5, 0.6) is 0 Å². The summed E-state index contributed by atoms with van der Waals surface area (Å²) in [6.07, 6.45) is 0. The maximum Gasteiger partial charge on any atom is 0.249 e. The van der Waals surface area contributed by atoms with Crippen molar-refractivity contribution in [2.75, 3.05) is 5.32 Å². The average Bonchev–Trinajstić information content (AvgIpc) is 3.39. The maximum absolute atomic E-state index is 13.5. The summed E-state index contributed by atoms with van der Waals surface area (Å²) in [6, 6.07) is 19.9. The molecule has 5 rings (SSSR count). The van der Waals surface area contributed by atoms with Crippen LogP contribution in [0.25, 0.3) is 26.0 Å². The molecule has 3 aromatic carbocycles. The number of carbonyl (C=O) groups excluding carboxylic acids is 2. The van der Waals surface area contributed by atoms with Crippen molar-refractivity contribution in [2.24, 2.45) is 5.92 Å². The number of thiophene rings is 1. The number of ketones is 1. The Balaban J connectivity index is 1.60. The standard InChI is InChI=1S/C25H14F2N4O2S/c26-14-5-9-16(10-6-14)29-25(33)19(13-28)23(32)21-24-22(18-3-1-2-4-20(18)34-24)31(30-21)17-11-7-15(27)8-12-17/h1-12,19H,(H,29,33). The molecule has 0 aliphatic heterocycles. The average molecular weight is 472 g/mol. The summed E-state index contributed by atoms with van der Waals surface area (Å²) in [7, 11) is 0. The lowest BCUT2D eigenvalue weighted by Gasteiger charge is -2.08. The van der Waals surface area contributed by atoms with Gasteiger partial charge in [-0.2, -0.15) is 10.4 Å². The number of benzene rings is 3. The van der Waals surface area contributed by atoms with Crippen LogP contribution in [0.2, 0.25) is 0 Å². The highest BCUT2D eigenvalue weighted by molar-refractivity contribution is 7.26. The van der Waals surface area contributed by atoms with Gasteiger partial charge < -0.3 is 5.32 Å². The Kier molecular flexibility index (Phi) is 5.36. The van der Waals surface area contributed by atoms with Crippen LogP contribution in [0.3, 0.4) is 0 Å². The molecule has 1 unspecified atom stereocenters. The SMILES string of the molecule is N#CC(C(=O)Nc1ccc(F)cc1)C(=O)c1nn(-c2ccc(F)cc2)c2c1sc1ccccc12. The monoisotopic (exact) mass is 472 g/mol. The Morgan fingerprint density at radius 2 is 1.62 bits per heavy atom. The number of nitriles is 1. The fourth-order valence-corrected chi connectivity index (χ4v) is 4.82. The van der Waals surface area contributed by atoms with Gasteiger partial charge >= 0.3 is 0 Å². The van der Waals surface area contributed by atoms with E-state index in [0.29, 0.717) is 15.9 Å². The molecule has 5 aromatic rings. The Morgan fingerprint density at radius 1 is 0.971 bits per heavy atom. The molecule has 2 heterocycles. The lowest BCUT2D eigenvalue weighted by Crippen LogP contribution is -2.29. The number of halogens is 2. The van der Waals surface area contributed by atoms with Crippen LogP contribution in [0.15, 0.2) is 72.8 Å². The van der Waals surface area contributed by atoms with Crippen LogP contribution in [-0.2, 0) is 4.79 Å². The van der Waals surface area contributed by atoms with Gasteiger partial charge in [0.15, 0.2) is 5.92 Å². The number of nitrogens with one attached hydrogen (secondary N) is 1. The lowest BCUT2D eigenvalue weighted by atomic mass is 10.0. The van der Waals surface area contributed by atoms with Crippen LogP contribution in [0.4, 0.5) is 14.5 Å². The summed E-state index contributed by atoms with van der Waals surface area (Å²) < 4.78 is 29.6. The largest absolute Gasteiger partial charge is 0.325 e. The van der Waals surface area contributed by atoms with Gasteiger partial charge in [-0.1, -0.05) is 18.2 Å². The molecule has 0 aliphatic carbocycles. The quantitative estimate of drug-likeness (QED) is 0.271. The smallest absolute Gasteiger partial charge is 0.249 e. The summed E-state index contributed by atoms with van der Waals surface area (Å²) in [5.74, 6) is -4.18. The van der Waals surface area contributed by atoms with Gasteiger partial charge in [0, 0.05) is 15.8 Å². The first kappa shape index (κ1) is 21.4. The molecule has 0 aliphatic rings. The van der Waals surface area contributed by atoms with E-state index in [9.17, 15) is 23.6 Å². The summed E-state index contributed by atoms with van der Waals surface area (Å²) in [5.41, 5.74) is 1.38. The third-order valence-corrected chi connectivity index (χ3v) is 6.43. The number of aromatic nitrogens is 2. The number of Topliss-reactive ketones (excluding diaryl/α,β-unsaturated/α-hetero) is 1. The van der Waals surface area contributed by atoms with Gasteiger partial charge in [0.2, 0.25) is 11.7 Å². The minimum atomic E-state index is -1.67. The molecule has 1 amide bonds. The number of hydrogen-bond acceptors (Lipinski definition) is 5. The fourth-order valence-electron chi connectivity index (χ4n) is 3.65. The van der Waals surface area contributed by atoms with Crippen molar-refractivity contribution in [3.8, 4) is 11.8 Å². The van der Waals surface area contributed by atoms with E-state index in [4.69, 9.17) is 0 Å². The first-order valence-electron chi connectivity index (χ1n) is 10.1. The van der Waals surface area contributed by atoms with Crippen molar-refractivity contribution in [1.82, 2.24) is 9.78 Å². The third kappa shape index (κ3) is 3.70. The highest BCUT2D eigenvalue weighted by Crippen LogP contribution is 2.38. The summed E-state index contributed by atoms with van der Waals surface area (Å²) in [4.78, 5) is 26.1. The summed E-state index contributed by atoms with van der Waals surface area (Å²) in [5, 5.41) is 17.4. The van der Waals surface area contributed by atoms with Crippen molar-refractivity contribution in [3.63, 3.8) is 0 Å². The zero-order chi connectivity index (χ0) is 23.8. The maximum atomic E-state index is 13.5. The summed E-state index contributed by atoms with van der Waals surface area (Å²) >= 11 is 1.32. The van der Waals surface area contributed by atoms with Crippen molar-refractivity contribution >= 4 is 49.0 Å². The second kappa shape index (κ2) is 8.50. The van der Waals surface area contributed by atoms with Crippen LogP contribution < -0.4 is 5.32 Å². The molecule has 0 saturated carbocycles. The van der Waals surface area contributed by atoms with E-state index >= 15 is 0 Å². The number of rotatable bonds is 5. The number of amides is 1. The van der Waals surface area contributed by atoms with Gasteiger partial charge in [0.05, 0.1) is 22.0 Å². The number of carbonyl (C=O) groups is 2. The molecular formula is C25H14F2N4O2S. The molecule has 0 bridgehead atoms. The second-order valence-corrected chi connectivity index (χ2v) is 8.49. The number of anilines is 1. The first-order valence-corrected chi connectivity index (χ1v) is 10.9. The van der Waals surface area contributed by atoms with Gasteiger partial charge in [0.25, 0.3) is 0 Å². The molecule has 0 radical (unpaired) electrons. The van der Waals surface area contributed by atoms with Crippen LogP contribution >= 0.6 is 11.3 Å². The number of nitrogens with zero attached hydrogens (tertiary/aromatic N) is 3. The van der Waals surface area contributed by atoms with Gasteiger partial charge in [0.1, 0.15) is 17.3 Å². The van der Waals surface area contributed by atoms with E-state index in [1.54, 1.807) is 6.07 Å². The molecule has 6 nitrogen and oxygen atoms in total. The molecule has 9 heteroatoms. The molecule has 0 saturated heterocycles. The predicted octanol–water partition coefficient (Wildman–Crippen LogP) is 5.48. The van der Waals surface area contributed by atoms with E-state index in [1.165, 1.54) is 52.4 Å². The van der Waals surface area contributed by atoms with Crippen molar-refractivity contribution in [2.45, 2.75) is 0 Å². The van der Waals surface area contributed by atoms with E-state index in [-0.39, 0.29) is 11.4 Å². The number of fused-ring (bicyclic) bond motifs is 3. The highest BCUT2D eigenvalue weighted by Gasteiger charge is 2.33. The van der Waals surface area contributed by atoms with E-state index in [2.05, 4.69) is 10.4 Å². The Hall–Kier alpha value is -4.42. The zero-order valence-electron chi connectivity index (χ0n) is 17.3. The number of hydrogen-bond donors (Lipinski definition) is 1. The molecular weight excluding hydrogens is 458 g/mol. The Morgan fingerprint density at radius 3 is 2.29 bits per heavy atom. The van der Waals surface area contributed by atoms with Gasteiger partial charge in [-0.15, -0.1) is 11.3 Å². The minimum Gasteiger partial charge on any atom is -0.325 e. The molecule has 34 heavy (non-hydrogen) atoms. The highest BCUT2D eigenvalue weighted by atomic mass is 32.1. The molecule has 2 aromatic heterocycles. The zero-order valence-corrected chi connectivity index (χ0v) is 18.1. The van der Waals surface area contributed by atoms with E-state index < -0.39 is 29.2 Å². The Bertz CT molecular complexity index is 1600. The van der Waals surface area contributed by atoms with Crippen LogP contribution in [0.1, 0.15) is 10.5 Å². The molecule has 1 N–H and O–H groups in total. The third-order valence-electron chi connectivity index (χ3n) is 5.27. The topological polar surface area (TPSA) is 87.8 Å². The Labute approximate surface area is 195 Å². The second-order valence-electron chi connectivity index (χ2n) is 7.44. The molecule has 1 atom stereocenters. The first-order chi connectivity index (χ1) is 16.5. The van der Waals surface area contributed by atoms with Crippen LogP contribution in [-0.4, -0.2) is 21.5 Å². The molecule has 0 fully saturated rings. The van der Waals surface area contributed by atoms with Gasteiger partial charge in [-0.25, -0.2) is 13.5 Å². The van der Waals surface area contributed by atoms with Crippen molar-refractivity contribution in [3.05, 3.63) is 90.1 Å². The molecule has 0 spiro atoms. The normalized spacial score (nSPS) is 11.9.